The third-order valence-corrected chi connectivity index (χ3v) is 0.706. The van der Waals surface area contributed by atoms with Gasteiger partial charge in [-0.1, -0.05) is 0 Å². The first-order valence-electron chi connectivity index (χ1n) is 2.58. The number of rotatable bonds is 3. The number of nitrogens with two attached hydrogens (primary N) is 1. The van der Waals surface area contributed by atoms with Gasteiger partial charge in [0, 0.05) is 6.54 Å². The zero-order valence-corrected chi connectivity index (χ0v) is 4.83. The summed E-state index contributed by atoms with van der Waals surface area (Å²) in [5, 5.41) is 1.34. The van der Waals surface area contributed by atoms with E-state index in [0.29, 0.717) is 6.42 Å². The molecule has 0 aromatic carbocycles. The van der Waals surface area contributed by atoms with E-state index in [4.69, 9.17) is 5.73 Å². The number of alkyl halides is 3. The molecule has 0 bridgehead atoms. The molecule has 0 spiro atoms. The quantitative estimate of drug-likeness (QED) is 0.443. The van der Waals surface area contributed by atoms with Crippen molar-refractivity contribution in [3.05, 3.63) is 0 Å². The summed E-state index contributed by atoms with van der Waals surface area (Å²) in [4.78, 5) is 0. The van der Waals surface area contributed by atoms with Crippen LogP contribution in [-0.4, -0.2) is 19.4 Å². The van der Waals surface area contributed by atoms with Crippen LogP contribution in [0, 0.1) is 0 Å². The molecule has 0 saturated carbocycles. The van der Waals surface area contributed by atoms with Gasteiger partial charge in [-0.3, -0.25) is 0 Å². The summed E-state index contributed by atoms with van der Waals surface area (Å²) in [6.45, 7) is 0.184. The number of nitrogens with one attached hydrogen (secondary N) is 1. The zero-order valence-electron chi connectivity index (χ0n) is 4.83. The molecule has 3 N–H and O–H groups in total. The Balaban J connectivity index is 3.07. The van der Waals surface area contributed by atoms with Crippen molar-refractivity contribution in [1.82, 2.24) is 5.32 Å². The van der Waals surface area contributed by atoms with Crippen molar-refractivity contribution in [1.29, 1.82) is 0 Å². The summed E-state index contributed by atoms with van der Waals surface area (Å²) in [5.41, 5.74) is 4.95. The summed E-state index contributed by atoms with van der Waals surface area (Å²) in [5.74, 6) is 0. The molecule has 0 amide bonds. The molecule has 0 aliphatic rings. The van der Waals surface area contributed by atoms with Gasteiger partial charge in [0.2, 0.25) is 0 Å². The predicted molar refractivity (Wildman–Crippen MR) is 27.7 cm³/mol. The zero-order chi connectivity index (χ0) is 7.33. The summed E-state index contributed by atoms with van der Waals surface area (Å²) in [6.07, 6.45) is -3.91. The molecule has 0 rings (SSSR count). The second kappa shape index (κ2) is 3.68. The van der Waals surface area contributed by atoms with Gasteiger partial charge < -0.3 is 5.73 Å². The molecule has 2 nitrogen and oxygen atoms in total. The van der Waals surface area contributed by atoms with Crippen molar-refractivity contribution in [2.45, 2.75) is 12.7 Å². The van der Waals surface area contributed by atoms with Crippen LogP contribution in [-0.2, 0) is 0 Å². The maximum Gasteiger partial charge on any atom is 0.457 e. The van der Waals surface area contributed by atoms with Crippen LogP contribution in [0.15, 0.2) is 0 Å². The monoisotopic (exact) mass is 142 g/mol. The average Bonchev–Trinajstić information content (AvgIpc) is 1.63. The number of halogens is 3. The van der Waals surface area contributed by atoms with Gasteiger partial charge in [0.15, 0.2) is 0 Å². The van der Waals surface area contributed by atoms with Crippen LogP contribution in [0.1, 0.15) is 6.42 Å². The molecule has 0 aromatic rings. The Morgan fingerprint density at radius 1 is 1.33 bits per heavy atom. The van der Waals surface area contributed by atoms with Crippen molar-refractivity contribution >= 4 is 0 Å². The molecule has 9 heavy (non-hydrogen) atoms. The molecule has 0 heterocycles. The molecule has 0 fully saturated rings. The largest absolute Gasteiger partial charge is 0.457 e. The van der Waals surface area contributed by atoms with Gasteiger partial charge in [-0.2, -0.15) is 13.2 Å². The molecule has 0 radical (unpaired) electrons. The minimum Gasteiger partial charge on any atom is -0.330 e. The van der Waals surface area contributed by atoms with E-state index in [-0.39, 0.29) is 13.1 Å². The van der Waals surface area contributed by atoms with Gasteiger partial charge in [-0.25, -0.2) is 5.32 Å². The van der Waals surface area contributed by atoms with E-state index in [1.54, 1.807) is 0 Å². The van der Waals surface area contributed by atoms with Gasteiger partial charge in [-0.05, 0) is 13.0 Å². The average molecular weight is 142 g/mol. The Hall–Kier alpha value is -0.290. The number of hydrogen-bond acceptors (Lipinski definition) is 2. The van der Waals surface area contributed by atoms with Crippen LogP contribution in [0.3, 0.4) is 0 Å². The predicted octanol–water partition coefficient (Wildman–Crippen LogP) is 0.445. The molecule has 0 aliphatic heterocycles. The summed E-state index contributed by atoms with van der Waals surface area (Å²) in [7, 11) is 0. The smallest absolute Gasteiger partial charge is 0.330 e. The van der Waals surface area contributed by atoms with Crippen molar-refractivity contribution in [3.8, 4) is 0 Å². The third kappa shape index (κ3) is 7.71. The molecular weight excluding hydrogens is 133 g/mol. The van der Waals surface area contributed by atoms with E-state index >= 15 is 0 Å². The molecule has 56 valence electrons. The molecule has 5 heteroatoms. The van der Waals surface area contributed by atoms with Crippen LogP contribution < -0.4 is 11.1 Å². The minimum absolute atomic E-state index is 0.0972. The lowest BCUT2D eigenvalue weighted by atomic mass is 10.4. The Morgan fingerprint density at radius 3 is 2.22 bits per heavy atom. The van der Waals surface area contributed by atoms with Crippen LogP contribution in [0.2, 0.25) is 0 Å². The first kappa shape index (κ1) is 8.71. The fourth-order valence-electron chi connectivity index (χ4n) is 0.332. The first-order valence-corrected chi connectivity index (χ1v) is 2.58. The molecular formula is C4H9F3N2. The van der Waals surface area contributed by atoms with Gasteiger partial charge >= 0.3 is 6.30 Å². The van der Waals surface area contributed by atoms with Crippen LogP contribution in [0.4, 0.5) is 13.2 Å². The van der Waals surface area contributed by atoms with E-state index in [0.717, 1.165) is 0 Å². The van der Waals surface area contributed by atoms with Crippen molar-refractivity contribution in [3.63, 3.8) is 0 Å². The fraction of sp³-hybridized carbons (Fsp3) is 1.00. The molecule has 0 aromatic heterocycles. The lowest BCUT2D eigenvalue weighted by Gasteiger charge is -2.05. The highest BCUT2D eigenvalue weighted by atomic mass is 19.4. The van der Waals surface area contributed by atoms with Crippen LogP contribution in [0.25, 0.3) is 0 Å². The van der Waals surface area contributed by atoms with Gasteiger partial charge in [-0.15, -0.1) is 0 Å². The van der Waals surface area contributed by atoms with Crippen LogP contribution in [0.5, 0.6) is 0 Å². The minimum atomic E-state index is -4.25. The molecule has 0 atom stereocenters. The van der Waals surface area contributed by atoms with Gasteiger partial charge in [0.25, 0.3) is 0 Å². The Bertz CT molecular complexity index is 70.7. The highest BCUT2D eigenvalue weighted by Crippen LogP contribution is 2.08. The normalized spacial score (nSPS) is 12.0. The lowest BCUT2D eigenvalue weighted by molar-refractivity contribution is -0.156. The third-order valence-electron chi connectivity index (χ3n) is 0.706. The van der Waals surface area contributed by atoms with Gasteiger partial charge in [0.1, 0.15) is 0 Å². The van der Waals surface area contributed by atoms with Gasteiger partial charge in [0.05, 0.1) is 0 Å². The summed E-state index contributed by atoms with van der Waals surface area (Å²) >= 11 is 0. The maximum absolute atomic E-state index is 11.2. The number of hydrogen-bond donors (Lipinski definition) is 2. The molecule has 0 saturated heterocycles. The fourth-order valence-corrected chi connectivity index (χ4v) is 0.332. The molecule has 0 aliphatic carbocycles. The Kier molecular flexibility index (Phi) is 3.56. The van der Waals surface area contributed by atoms with Crippen molar-refractivity contribution in [2.75, 3.05) is 13.1 Å². The van der Waals surface area contributed by atoms with E-state index in [2.05, 4.69) is 0 Å². The lowest BCUT2D eigenvalue weighted by Crippen LogP contribution is -2.33. The van der Waals surface area contributed by atoms with E-state index in [1.807, 2.05) is 0 Å². The SMILES string of the molecule is NCCCNC(F)(F)F. The Morgan fingerprint density at radius 2 is 1.89 bits per heavy atom. The second-order valence-electron chi connectivity index (χ2n) is 1.57. The van der Waals surface area contributed by atoms with E-state index < -0.39 is 6.30 Å². The standard InChI is InChI=1S/C4H9F3N2/c5-4(6,7)9-3-1-2-8/h9H,1-3,8H2. The first-order chi connectivity index (χ1) is 4.06. The summed E-state index contributed by atoms with van der Waals surface area (Å²) in [6, 6.07) is 0. The van der Waals surface area contributed by atoms with Crippen LogP contribution >= 0.6 is 0 Å². The molecule has 0 unspecified atom stereocenters. The highest BCUT2D eigenvalue weighted by molar-refractivity contribution is 4.48. The second-order valence-corrected chi connectivity index (χ2v) is 1.57. The Labute approximate surface area is 51.2 Å². The topological polar surface area (TPSA) is 38.0 Å². The van der Waals surface area contributed by atoms with E-state index in [9.17, 15) is 13.2 Å². The van der Waals surface area contributed by atoms with Crippen molar-refractivity contribution < 1.29 is 13.2 Å². The maximum atomic E-state index is 11.2. The summed E-state index contributed by atoms with van der Waals surface area (Å²) < 4.78 is 33.7. The highest BCUT2D eigenvalue weighted by Gasteiger charge is 2.25. The van der Waals surface area contributed by atoms with E-state index in [1.165, 1.54) is 5.32 Å². The van der Waals surface area contributed by atoms with Crippen molar-refractivity contribution in [2.24, 2.45) is 5.73 Å².